The smallest absolute Gasteiger partial charge is 0.305 e. The van der Waals surface area contributed by atoms with E-state index in [1.807, 2.05) is 0 Å². The SMILES string of the molecule is O=[N+]([O-])c1ccc(Oc2cc(Cl)nnc2Cl)cc1F. The van der Waals surface area contributed by atoms with Crippen LogP contribution in [0.25, 0.3) is 0 Å². The first kappa shape index (κ1) is 13.4. The summed E-state index contributed by atoms with van der Waals surface area (Å²) in [5.41, 5.74) is -0.649. The Hall–Kier alpha value is -1.99. The summed E-state index contributed by atoms with van der Waals surface area (Å²) in [5, 5.41) is 17.4. The molecule has 0 bridgehead atoms. The molecule has 1 heterocycles. The zero-order valence-electron chi connectivity index (χ0n) is 9.01. The van der Waals surface area contributed by atoms with Crippen molar-refractivity contribution in [1.82, 2.24) is 10.2 Å². The van der Waals surface area contributed by atoms with Gasteiger partial charge in [-0.05, 0) is 6.07 Å². The van der Waals surface area contributed by atoms with Gasteiger partial charge < -0.3 is 4.74 Å². The maximum atomic E-state index is 13.4. The van der Waals surface area contributed by atoms with E-state index in [1.54, 1.807) is 0 Å². The predicted octanol–water partition coefficient (Wildman–Crippen LogP) is 3.62. The van der Waals surface area contributed by atoms with Crippen molar-refractivity contribution in [2.45, 2.75) is 0 Å². The first-order valence-electron chi connectivity index (χ1n) is 4.78. The summed E-state index contributed by atoms with van der Waals surface area (Å²) in [4.78, 5) is 9.62. The van der Waals surface area contributed by atoms with Crippen LogP contribution in [0.2, 0.25) is 10.3 Å². The lowest BCUT2D eigenvalue weighted by Gasteiger charge is -2.06. The van der Waals surface area contributed by atoms with Gasteiger partial charge in [-0.15, -0.1) is 10.2 Å². The number of benzene rings is 1. The molecule has 0 atom stereocenters. The lowest BCUT2D eigenvalue weighted by Crippen LogP contribution is -1.94. The minimum Gasteiger partial charge on any atom is -0.454 e. The Bertz CT molecular complexity index is 654. The van der Waals surface area contributed by atoms with Crippen molar-refractivity contribution >= 4 is 28.9 Å². The van der Waals surface area contributed by atoms with Gasteiger partial charge in [0.1, 0.15) is 5.75 Å². The number of hydrogen-bond donors (Lipinski definition) is 0. The number of nitro benzene ring substituents is 1. The van der Waals surface area contributed by atoms with Crippen LogP contribution in [0.5, 0.6) is 11.5 Å². The van der Waals surface area contributed by atoms with Gasteiger partial charge in [0, 0.05) is 18.2 Å². The topological polar surface area (TPSA) is 78.2 Å². The maximum absolute atomic E-state index is 13.4. The summed E-state index contributed by atoms with van der Waals surface area (Å²) in [7, 11) is 0. The number of nitrogens with zero attached hydrogens (tertiary/aromatic N) is 3. The molecule has 1 aromatic heterocycles. The third-order valence-corrected chi connectivity index (χ3v) is 2.48. The molecule has 0 fully saturated rings. The highest BCUT2D eigenvalue weighted by molar-refractivity contribution is 6.32. The first-order valence-corrected chi connectivity index (χ1v) is 5.53. The Morgan fingerprint density at radius 2 is 2.00 bits per heavy atom. The lowest BCUT2D eigenvalue weighted by molar-refractivity contribution is -0.387. The van der Waals surface area contributed by atoms with E-state index in [0.717, 1.165) is 12.1 Å². The number of ether oxygens (including phenoxy) is 1. The molecule has 98 valence electrons. The van der Waals surface area contributed by atoms with Crippen molar-refractivity contribution in [2.24, 2.45) is 0 Å². The van der Waals surface area contributed by atoms with Crippen molar-refractivity contribution in [3.05, 3.63) is 50.5 Å². The zero-order chi connectivity index (χ0) is 14.0. The van der Waals surface area contributed by atoms with Crippen LogP contribution in [-0.4, -0.2) is 15.1 Å². The molecule has 0 aliphatic rings. The monoisotopic (exact) mass is 303 g/mol. The second-order valence-electron chi connectivity index (χ2n) is 3.29. The van der Waals surface area contributed by atoms with Crippen LogP contribution < -0.4 is 4.74 Å². The minimum atomic E-state index is -1.02. The standard InChI is InChI=1S/C10H4Cl2FN3O3/c11-9-4-8(10(12)15-14-9)19-5-1-2-7(16(17)18)6(13)3-5/h1-4H. The molecule has 0 unspecified atom stereocenters. The highest BCUT2D eigenvalue weighted by Gasteiger charge is 2.15. The third-order valence-electron chi connectivity index (χ3n) is 2.03. The molecule has 1 aromatic carbocycles. The third kappa shape index (κ3) is 3.07. The van der Waals surface area contributed by atoms with E-state index in [9.17, 15) is 14.5 Å². The van der Waals surface area contributed by atoms with E-state index < -0.39 is 16.4 Å². The fourth-order valence-corrected chi connectivity index (χ4v) is 1.50. The van der Waals surface area contributed by atoms with Gasteiger partial charge in [-0.2, -0.15) is 4.39 Å². The van der Waals surface area contributed by atoms with Crippen LogP contribution in [0.4, 0.5) is 10.1 Å². The van der Waals surface area contributed by atoms with Gasteiger partial charge in [0.15, 0.2) is 16.1 Å². The quantitative estimate of drug-likeness (QED) is 0.639. The summed E-state index contributed by atoms with van der Waals surface area (Å²) in [6, 6.07) is 4.36. The molecule has 2 rings (SSSR count). The number of halogens is 3. The second-order valence-corrected chi connectivity index (χ2v) is 4.04. The van der Waals surface area contributed by atoms with Gasteiger partial charge in [-0.3, -0.25) is 10.1 Å². The van der Waals surface area contributed by atoms with E-state index >= 15 is 0 Å². The molecule has 2 aromatic rings. The average Bonchev–Trinajstić information content (AvgIpc) is 2.33. The Labute approximate surface area is 115 Å². The summed E-state index contributed by atoms with van der Waals surface area (Å²) in [6.45, 7) is 0. The first-order chi connectivity index (χ1) is 8.97. The van der Waals surface area contributed by atoms with E-state index in [-0.39, 0.29) is 21.8 Å². The van der Waals surface area contributed by atoms with Gasteiger partial charge in [-0.1, -0.05) is 23.2 Å². The van der Waals surface area contributed by atoms with Gasteiger partial charge >= 0.3 is 5.69 Å². The average molecular weight is 304 g/mol. The van der Waals surface area contributed by atoms with E-state index in [4.69, 9.17) is 27.9 Å². The fraction of sp³-hybridized carbons (Fsp3) is 0. The molecule has 0 aliphatic heterocycles. The molecule has 0 radical (unpaired) electrons. The highest BCUT2D eigenvalue weighted by Crippen LogP contribution is 2.30. The minimum absolute atomic E-state index is 0.0223. The van der Waals surface area contributed by atoms with Crippen LogP contribution >= 0.6 is 23.2 Å². The largest absolute Gasteiger partial charge is 0.454 e. The maximum Gasteiger partial charge on any atom is 0.305 e. The molecule has 0 spiro atoms. The van der Waals surface area contributed by atoms with E-state index in [0.29, 0.717) is 0 Å². The van der Waals surface area contributed by atoms with Crippen molar-refractivity contribution in [2.75, 3.05) is 0 Å². The molecular formula is C10H4Cl2FN3O3. The number of nitro groups is 1. The summed E-state index contributed by atoms with van der Waals surface area (Å²) < 4.78 is 18.6. The molecule has 19 heavy (non-hydrogen) atoms. The van der Waals surface area contributed by atoms with Crippen LogP contribution in [0.3, 0.4) is 0 Å². The van der Waals surface area contributed by atoms with E-state index in [2.05, 4.69) is 10.2 Å². The fourth-order valence-electron chi connectivity index (χ4n) is 1.24. The van der Waals surface area contributed by atoms with Crippen molar-refractivity contribution in [3.63, 3.8) is 0 Å². The Kier molecular flexibility index (Phi) is 3.77. The van der Waals surface area contributed by atoms with Gasteiger partial charge in [0.05, 0.1) is 4.92 Å². The predicted molar refractivity (Wildman–Crippen MR) is 65.2 cm³/mol. The highest BCUT2D eigenvalue weighted by atomic mass is 35.5. The van der Waals surface area contributed by atoms with Crippen LogP contribution in [-0.2, 0) is 0 Å². The van der Waals surface area contributed by atoms with Crippen molar-refractivity contribution < 1.29 is 14.1 Å². The van der Waals surface area contributed by atoms with Gasteiger partial charge in [0.25, 0.3) is 0 Å². The summed E-state index contributed by atoms with van der Waals surface area (Å²) in [6.07, 6.45) is 0. The molecule has 0 amide bonds. The summed E-state index contributed by atoms with van der Waals surface area (Å²) in [5.74, 6) is -0.935. The molecule has 6 nitrogen and oxygen atoms in total. The Morgan fingerprint density at radius 3 is 2.63 bits per heavy atom. The lowest BCUT2D eigenvalue weighted by atomic mass is 10.3. The van der Waals surface area contributed by atoms with Gasteiger partial charge in [-0.25, -0.2) is 0 Å². The number of aromatic nitrogens is 2. The van der Waals surface area contributed by atoms with Crippen LogP contribution in [0.1, 0.15) is 0 Å². The number of rotatable bonds is 3. The molecule has 0 saturated heterocycles. The van der Waals surface area contributed by atoms with Crippen LogP contribution in [0.15, 0.2) is 24.3 Å². The Balaban J connectivity index is 2.31. The normalized spacial score (nSPS) is 10.3. The number of hydrogen-bond acceptors (Lipinski definition) is 5. The molecule has 0 N–H and O–H groups in total. The summed E-state index contributed by atoms with van der Waals surface area (Å²) >= 11 is 11.3. The van der Waals surface area contributed by atoms with Crippen molar-refractivity contribution in [1.29, 1.82) is 0 Å². The molecular weight excluding hydrogens is 300 g/mol. The van der Waals surface area contributed by atoms with Crippen LogP contribution in [0, 0.1) is 15.9 Å². The van der Waals surface area contributed by atoms with Crippen molar-refractivity contribution in [3.8, 4) is 11.5 Å². The molecule has 0 aliphatic carbocycles. The molecule has 0 saturated carbocycles. The van der Waals surface area contributed by atoms with Gasteiger partial charge in [0.2, 0.25) is 5.82 Å². The second kappa shape index (κ2) is 5.33. The zero-order valence-corrected chi connectivity index (χ0v) is 10.5. The Morgan fingerprint density at radius 1 is 1.26 bits per heavy atom. The van der Waals surface area contributed by atoms with E-state index in [1.165, 1.54) is 12.1 Å². The molecule has 9 heteroatoms.